The van der Waals surface area contributed by atoms with Crippen molar-refractivity contribution in [1.82, 2.24) is 0 Å². The van der Waals surface area contributed by atoms with Gasteiger partial charge in [0.15, 0.2) is 5.78 Å². The van der Waals surface area contributed by atoms with E-state index in [0.717, 1.165) is 19.3 Å². The maximum atomic E-state index is 11.9. The number of ketones is 1. The molecule has 0 atom stereocenters. The van der Waals surface area contributed by atoms with Crippen molar-refractivity contribution in [3.8, 4) is 0 Å². The Hall–Kier alpha value is -0.860. The zero-order valence-corrected chi connectivity index (χ0v) is 8.54. The molecule has 0 unspecified atom stereocenters. The largest absolute Gasteiger partial charge is 0.465 e. The van der Waals surface area contributed by atoms with Crippen LogP contribution in [0.3, 0.4) is 0 Å². The van der Waals surface area contributed by atoms with Gasteiger partial charge in [-0.1, -0.05) is 6.42 Å². The van der Waals surface area contributed by atoms with Crippen molar-refractivity contribution in [1.29, 1.82) is 0 Å². The molecule has 0 saturated heterocycles. The molecule has 2 fully saturated rings. The van der Waals surface area contributed by atoms with Crippen LogP contribution >= 0.6 is 0 Å². The molecule has 0 amide bonds. The van der Waals surface area contributed by atoms with Crippen molar-refractivity contribution in [2.24, 2.45) is 11.3 Å². The van der Waals surface area contributed by atoms with Gasteiger partial charge in [-0.05, 0) is 32.6 Å². The van der Waals surface area contributed by atoms with Gasteiger partial charge in [0.05, 0.1) is 6.61 Å². The number of hydrogen-bond acceptors (Lipinski definition) is 3. The van der Waals surface area contributed by atoms with Crippen molar-refractivity contribution in [2.45, 2.75) is 39.0 Å². The first-order valence-electron chi connectivity index (χ1n) is 5.42. The van der Waals surface area contributed by atoms with Crippen LogP contribution in [0.5, 0.6) is 0 Å². The van der Waals surface area contributed by atoms with Gasteiger partial charge in [0.2, 0.25) is 0 Å². The fourth-order valence-corrected chi connectivity index (χ4v) is 2.09. The summed E-state index contributed by atoms with van der Waals surface area (Å²) >= 11 is 0. The van der Waals surface area contributed by atoms with Gasteiger partial charge in [-0.25, -0.2) is 0 Å². The SMILES string of the molecule is CCOC(=O)C1(C(=O)C2CC2)CCC1. The number of carbonyl (C=O) groups is 2. The van der Waals surface area contributed by atoms with Gasteiger partial charge in [0, 0.05) is 5.92 Å². The van der Waals surface area contributed by atoms with Crippen LogP contribution in [0, 0.1) is 11.3 Å². The molecule has 0 radical (unpaired) electrons. The van der Waals surface area contributed by atoms with Gasteiger partial charge in [-0.3, -0.25) is 9.59 Å². The maximum Gasteiger partial charge on any atom is 0.319 e. The lowest BCUT2D eigenvalue weighted by Crippen LogP contribution is -2.47. The van der Waals surface area contributed by atoms with E-state index in [4.69, 9.17) is 4.74 Å². The van der Waals surface area contributed by atoms with Gasteiger partial charge in [0.1, 0.15) is 5.41 Å². The second kappa shape index (κ2) is 3.37. The summed E-state index contributed by atoms with van der Waals surface area (Å²) in [4.78, 5) is 23.6. The summed E-state index contributed by atoms with van der Waals surface area (Å²) in [5.41, 5.74) is -0.725. The normalized spacial score (nSPS) is 23.8. The van der Waals surface area contributed by atoms with Crippen molar-refractivity contribution in [3.05, 3.63) is 0 Å². The van der Waals surface area contributed by atoms with Crippen LogP contribution in [0.15, 0.2) is 0 Å². The molecular weight excluding hydrogens is 180 g/mol. The summed E-state index contributed by atoms with van der Waals surface area (Å²) in [6, 6.07) is 0. The molecule has 0 heterocycles. The molecular formula is C11H16O3. The fraction of sp³-hybridized carbons (Fsp3) is 0.818. The van der Waals surface area contributed by atoms with E-state index >= 15 is 0 Å². The molecule has 0 aliphatic heterocycles. The van der Waals surface area contributed by atoms with Crippen LogP contribution in [0.25, 0.3) is 0 Å². The Kier molecular flexibility index (Phi) is 2.33. The zero-order chi connectivity index (χ0) is 10.2. The molecule has 0 aromatic carbocycles. The molecule has 3 heteroatoms. The number of carbonyl (C=O) groups excluding carboxylic acids is 2. The predicted octanol–water partition coefficient (Wildman–Crippen LogP) is 1.70. The van der Waals surface area contributed by atoms with E-state index in [1.165, 1.54) is 0 Å². The predicted molar refractivity (Wildman–Crippen MR) is 50.6 cm³/mol. The van der Waals surface area contributed by atoms with Crippen LogP contribution in [0.2, 0.25) is 0 Å². The van der Waals surface area contributed by atoms with Gasteiger partial charge < -0.3 is 4.74 Å². The summed E-state index contributed by atoms with van der Waals surface area (Å²) in [5.74, 6) is 0.0463. The topological polar surface area (TPSA) is 43.4 Å². The highest BCUT2D eigenvalue weighted by Gasteiger charge is 2.55. The minimum absolute atomic E-state index is 0.155. The van der Waals surface area contributed by atoms with E-state index in [9.17, 15) is 9.59 Å². The molecule has 0 bridgehead atoms. The van der Waals surface area contributed by atoms with Crippen LogP contribution in [-0.2, 0) is 14.3 Å². The third kappa shape index (κ3) is 1.35. The Balaban J connectivity index is 2.08. The summed E-state index contributed by atoms with van der Waals surface area (Å²) < 4.78 is 4.99. The highest BCUT2D eigenvalue weighted by molar-refractivity contribution is 6.06. The quantitative estimate of drug-likeness (QED) is 0.507. The lowest BCUT2D eigenvalue weighted by atomic mass is 9.65. The van der Waals surface area contributed by atoms with E-state index in [0.29, 0.717) is 19.4 Å². The summed E-state index contributed by atoms with van der Waals surface area (Å²) in [7, 11) is 0. The first-order chi connectivity index (χ1) is 6.70. The molecule has 2 saturated carbocycles. The standard InChI is InChI=1S/C11H16O3/c1-2-14-10(13)11(6-3-7-11)9(12)8-4-5-8/h8H,2-7H2,1H3. The fourth-order valence-electron chi connectivity index (χ4n) is 2.09. The molecule has 0 N–H and O–H groups in total. The third-order valence-corrected chi connectivity index (χ3v) is 3.29. The van der Waals surface area contributed by atoms with E-state index in [2.05, 4.69) is 0 Å². The highest BCUT2D eigenvalue weighted by Crippen LogP contribution is 2.49. The Morgan fingerprint density at radius 1 is 1.36 bits per heavy atom. The number of ether oxygens (including phenoxy) is 1. The smallest absolute Gasteiger partial charge is 0.319 e. The van der Waals surface area contributed by atoms with Crippen LogP contribution < -0.4 is 0 Å². The zero-order valence-electron chi connectivity index (χ0n) is 8.54. The van der Waals surface area contributed by atoms with Crippen molar-refractivity contribution >= 4 is 11.8 Å². The van der Waals surface area contributed by atoms with Crippen LogP contribution in [0.1, 0.15) is 39.0 Å². The summed E-state index contributed by atoms with van der Waals surface area (Å²) in [5, 5.41) is 0. The van der Waals surface area contributed by atoms with Gasteiger partial charge in [-0.2, -0.15) is 0 Å². The van der Waals surface area contributed by atoms with Gasteiger partial charge >= 0.3 is 5.97 Å². The second-order valence-electron chi connectivity index (χ2n) is 4.29. The number of hydrogen-bond donors (Lipinski definition) is 0. The first kappa shape index (κ1) is 9.69. The summed E-state index contributed by atoms with van der Waals surface area (Å²) in [6.45, 7) is 2.16. The van der Waals surface area contributed by atoms with E-state index in [1.54, 1.807) is 6.92 Å². The Morgan fingerprint density at radius 3 is 2.36 bits per heavy atom. The number of Topliss-reactive ketones (excluding diaryl/α,β-unsaturated/α-hetero) is 1. The molecule has 0 aromatic rings. The molecule has 2 aliphatic rings. The first-order valence-corrected chi connectivity index (χ1v) is 5.42. The molecule has 3 nitrogen and oxygen atoms in total. The molecule has 2 aliphatic carbocycles. The molecule has 2 rings (SSSR count). The van der Waals surface area contributed by atoms with Crippen molar-refractivity contribution in [2.75, 3.05) is 6.61 Å². The molecule has 14 heavy (non-hydrogen) atoms. The van der Waals surface area contributed by atoms with Gasteiger partial charge in [-0.15, -0.1) is 0 Å². The Labute approximate surface area is 83.8 Å². The van der Waals surface area contributed by atoms with Crippen molar-refractivity contribution < 1.29 is 14.3 Å². The van der Waals surface area contributed by atoms with Crippen molar-refractivity contribution in [3.63, 3.8) is 0 Å². The van der Waals surface area contributed by atoms with E-state index < -0.39 is 5.41 Å². The van der Waals surface area contributed by atoms with E-state index in [1.807, 2.05) is 0 Å². The van der Waals surface area contributed by atoms with Crippen LogP contribution in [0.4, 0.5) is 0 Å². The average molecular weight is 196 g/mol. The second-order valence-corrected chi connectivity index (χ2v) is 4.29. The summed E-state index contributed by atoms with van der Waals surface area (Å²) in [6.07, 6.45) is 4.35. The molecule has 0 aromatic heterocycles. The lowest BCUT2D eigenvalue weighted by Gasteiger charge is -2.37. The van der Waals surface area contributed by atoms with E-state index in [-0.39, 0.29) is 17.7 Å². The minimum Gasteiger partial charge on any atom is -0.465 e. The lowest BCUT2D eigenvalue weighted by molar-refractivity contribution is -0.166. The van der Waals surface area contributed by atoms with Crippen LogP contribution in [-0.4, -0.2) is 18.4 Å². The Bertz CT molecular complexity index is 262. The Morgan fingerprint density at radius 2 is 2.00 bits per heavy atom. The average Bonchev–Trinajstić information content (AvgIpc) is 2.84. The number of esters is 1. The highest BCUT2D eigenvalue weighted by atomic mass is 16.5. The maximum absolute atomic E-state index is 11.9. The number of rotatable bonds is 4. The monoisotopic (exact) mass is 196 g/mol. The minimum atomic E-state index is -0.725. The van der Waals surface area contributed by atoms with Gasteiger partial charge in [0.25, 0.3) is 0 Å². The third-order valence-electron chi connectivity index (χ3n) is 3.29. The molecule has 0 spiro atoms. The molecule has 78 valence electrons.